The smallest absolute Gasteiger partial charge is 0.326 e. The molecular formula is C13H22N2O5S. The highest BCUT2D eigenvalue weighted by Crippen LogP contribution is 2.27. The zero-order chi connectivity index (χ0) is 15.8. The third kappa shape index (κ3) is 6.24. The highest BCUT2D eigenvalue weighted by molar-refractivity contribution is 7.99. The second-order valence-corrected chi connectivity index (χ2v) is 6.18. The summed E-state index contributed by atoms with van der Waals surface area (Å²) in [5.74, 6) is -2.31. The Morgan fingerprint density at radius 2 is 1.90 bits per heavy atom. The molecule has 0 saturated heterocycles. The molecule has 4 N–H and O–H groups in total. The minimum Gasteiger partial charge on any atom is -0.481 e. The van der Waals surface area contributed by atoms with Crippen LogP contribution < -0.4 is 10.6 Å². The Morgan fingerprint density at radius 3 is 2.48 bits per heavy atom. The molecule has 0 spiro atoms. The number of carboxylic acids is 2. The van der Waals surface area contributed by atoms with Gasteiger partial charge in [0.15, 0.2) is 0 Å². The van der Waals surface area contributed by atoms with E-state index in [2.05, 4.69) is 10.6 Å². The van der Waals surface area contributed by atoms with E-state index in [4.69, 9.17) is 10.2 Å². The van der Waals surface area contributed by atoms with Gasteiger partial charge in [-0.15, -0.1) is 0 Å². The summed E-state index contributed by atoms with van der Waals surface area (Å²) in [6.45, 7) is 0. The van der Waals surface area contributed by atoms with Crippen LogP contribution in [0.1, 0.15) is 38.5 Å². The van der Waals surface area contributed by atoms with E-state index in [-0.39, 0.29) is 18.9 Å². The lowest BCUT2D eigenvalue weighted by Gasteiger charge is -2.31. The first kappa shape index (κ1) is 17.6. The molecule has 0 bridgehead atoms. The van der Waals surface area contributed by atoms with Gasteiger partial charge in [-0.05, 0) is 25.5 Å². The molecule has 120 valence electrons. The van der Waals surface area contributed by atoms with Crippen LogP contribution >= 0.6 is 11.8 Å². The number of hydrogen-bond acceptors (Lipinski definition) is 4. The number of carbonyl (C=O) groups excluding carboxylic acids is 1. The maximum absolute atomic E-state index is 11.9. The van der Waals surface area contributed by atoms with E-state index in [1.807, 2.05) is 6.26 Å². The summed E-state index contributed by atoms with van der Waals surface area (Å²) in [4.78, 5) is 33.4. The van der Waals surface area contributed by atoms with Gasteiger partial charge in [0.2, 0.25) is 0 Å². The van der Waals surface area contributed by atoms with Crippen molar-refractivity contribution in [3.05, 3.63) is 0 Å². The van der Waals surface area contributed by atoms with Gasteiger partial charge in [0.25, 0.3) is 0 Å². The van der Waals surface area contributed by atoms with Crippen molar-refractivity contribution in [2.75, 3.05) is 6.26 Å². The molecule has 1 fully saturated rings. The van der Waals surface area contributed by atoms with Gasteiger partial charge in [0, 0.05) is 17.7 Å². The Kier molecular flexibility index (Phi) is 7.35. The molecule has 1 saturated carbocycles. The number of urea groups is 1. The van der Waals surface area contributed by atoms with Gasteiger partial charge < -0.3 is 20.8 Å². The molecule has 21 heavy (non-hydrogen) atoms. The number of aliphatic carboxylic acids is 2. The zero-order valence-corrected chi connectivity index (χ0v) is 12.8. The Balaban J connectivity index is 2.48. The molecule has 0 aromatic heterocycles. The molecule has 0 aliphatic heterocycles. The number of carbonyl (C=O) groups is 3. The van der Waals surface area contributed by atoms with Gasteiger partial charge >= 0.3 is 18.0 Å². The number of nitrogens with one attached hydrogen (secondary N) is 2. The van der Waals surface area contributed by atoms with Crippen molar-refractivity contribution >= 4 is 29.7 Å². The fourth-order valence-corrected chi connectivity index (χ4v) is 3.37. The lowest BCUT2D eigenvalue weighted by atomic mass is 9.95. The predicted octanol–water partition coefficient (Wildman–Crippen LogP) is 1.28. The normalized spacial score (nSPS) is 23.1. The molecule has 0 radical (unpaired) electrons. The Labute approximate surface area is 127 Å². The highest BCUT2D eigenvalue weighted by Gasteiger charge is 2.27. The van der Waals surface area contributed by atoms with Crippen molar-refractivity contribution in [2.45, 2.75) is 55.9 Å². The van der Waals surface area contributed by atoms with Crippen molar-refractivity contribution in [1.29, 1.82) is 0 Å². The van der Waals surface area contributed by atoms with Crippen molar-refractivity contribution < 1.29 is 24.6 Å². The summed E-state index contributed by atoms with van der Waals surface area (Å²) in [5.41, 5.74) is 0. The van der Waals surface area contributed by atoms with Crippen LogP contribution in [0.2, 0.25) is 0 Å². The third-order valence-electron chi connectivity index (χ3n) is 3.57. The molecule has 2 amide bonds. The number of amides is 2. The summed E-state index contributed by atoms with van der Waals surface area (Å²) >= 11 is 1.70. The summed E-state index contributed by atoms with van der Waals surface area (Å²) < 4.78 is 0. The quantitative estimate of drug-likeness (QED) is 0.562. The van der Waals surface area contributed by atoms with Gasteiger partial charge in [-0.3, -0.25) is 4.79 Å². The van der Waals surface area contributed by atoms with Crippen LogP contribution in [0.25, 0.3) is 0 Å². The maximum atomic E-state index is 11.9. The first-order valence-corrected chi connectivity index (χ1v) is 8.27. The molecule has 8 heteroatoms. The fourth-order valence-electron chi connectivity index (χ4n) is 2.44. The standard InChI is InChI=1S/C13H22N2O5S/c1-21-10-5-3-2-4-8(10)14-13(20)15-9(12(18)19)6-7-11(16)17/h8-10H,2-7H2,1H3,(H,16,17)(H,18,19)(H2,14,15,20). The molecule has 3 atom stereocenters. The van der Waals surface area contributed by atoms with Gasteiger partial charge in [-0.2, -0.15) is 11.8 Å². The fraction of sp³-hybridized carbons (Fsp3) is 0.769. The van der Waals surface area contributed by atoms with E-state index >= 15 is 0 Å². The zero-order valence-electron chi connectivity index (χ0n) is 12.0. The Hall–Kier alpha value is -1.44. The van der Waals surface area contributed by atoms with Crippen LogP contribution in [-0.2, 0) is 9.59 Å². The molecule has 1 aliphatic rings. The van der Waals surface area contributed by atoms with E-state index < -0.39 is 24.0 Å². The van der Waals surface area contributed by atoms with Crippen molar-refractivity contribution in [2.24, 2.45) is 0 Å². The van der Waals surface area contributed by atoms with E-state index in [9.17, 15) is 14.4 Å². The molecular weight excluding hydrogens is 296 g/mol. The van der Waals surface area contributed by atoms with E-state index in [1.165, 1.54) is 0 Å². The van der Waals surface area contributed by atoms with Crippen LogP contribution in [0, 0.1) is 0 Å². The Bertz CT molecular complexity index is 391. The minimum atomic E-state index is -1.23. The number of carboxylic acid groups (broad SMARTS) is 2. The third-order valence-corrected chi connectivity index (χ3v) is 4.74. The van der Waals surface area contributed by atoms with Crippen LogP contribution in [-0.4, -0.2) is 51.8 Å². The monoisotopic (exact) mass is 318 g/mol. The maximum Gasteiger partial charge on any atom is 0.326 e. The number of thioether (sulfide) groups is 1. The molecule has 1 aliphatic carbocycles. The molecule has 3 unspecified atom stereocenters. The number of hydrogen-bond donors (Lipinski definition) is 4. The SMILES string of the molecule is CSC1CCCCC1NC(=O)NC(CCC(=O)O)C(=O)O. The average Bonchev–Trinajstić information content (AvgIpc) is 2.43. The summed E-state index contributed by atoms with van der Waals surface area (Å²) in [7, 11) is 0. The first-order chi connectivity index (χ1) is 9.93. The van der Waals surface area contributed by atoms with E-state index in [1.54, 1.807) is 11.8 Å². The van der Waals surface area contributed by atoms with Crippen LogP contribution in [0.15, 0.2) is 0 Å². The number of rotatable bonds is 7. The van der Waals surface area contributed by atoms with Crippen molar-refractivity contribution in [3.63, 3.8) is 0 Å². The largest absolute Gasteiger partial charge is 0.481 e. The minimum absolute atomic E-state index is 0.0302. The van der Waals surface area contributed by atoms with Crippen LogP contribution in [0.5, 0.6) is 0 Å². The highest BCUT2D eigenvalue weighted by atomic mass is 32.2. The average molecular weight is 318 g/mol. The molecule has 0 aromatic rings. The van der Waals surface area contributed by atoms with Crippen LogP contribution in [0.3, 0.4) is 0 Å². The summed E-state index contributed by atoms with van der Waals surface area (Å²) in [6.07, 6.45) is 5.67. The van der Waals surface area contributed by atoms with Gasteiger partial charge in [-0.1, -0.05) is 12.8 Å². The van der Waals surface area contributed by atoms with Gasteiger partial charge in [-0.25, -0.2) is 9.59 Å². The predicted molar refractivity (Wildman–Crippen MR) is 79.5 cm³/mol. The first-order valence-electron chi connectivity index (χ1n) is 6.98. The van der Waals surface area contributed by atoms with Gasteiger partial charge in [0.1, 0.15) is 6.04 Å². The molecule has 1 rings (SSSR count). The van der Waals surface area contributed by atoms with Gasteiger partial charge in [0.05, 0.1) is 0 Å². The van der Waals surface area contributed by atoms with E-state index in [0.717, 1.165) is 25.7 Å². The Morgan fingerprint density at radius 1 is 1.24 bits per heavy atom. The molecule has 0 heterocycles. The topological polar surface area (TPSA) is 116 Å². The van der Waals surface area contributed by atoms with Crippen LogP contribution in [0.4, 0.5) is 4.79 Å². The summed E-state index contributed by atoms with van der Waals surface area (Å²) in [5, 5.41) is 23.1. The van der Waals surface area contributed by atoms with E-state index in [0.29, 0.717) is 5.25 Å². The molecule has 0 aromatic carbocycles. The lowest BCUT2D eigenvalue weighted by molar-refractivity contribution is -0.140. The van der Waals surface area contributed by atoms with Crippen molar-refractivity contribution in [1.82, 2.24) is 10.6 Å². The van der Waals surface area contributed by atoms with Crippen molar-refractivity contribution in [3.8, 4) is 0 Å². The summed E-state index contributed by atoms with van der Waals surface area (Å²) in [6, 6.07) is -1.70. The lowest BCUT2D eigenvalue weighted by Crippen LogP contribution is -2.52. The second kappa shape index (κ2) is 8.76. The molecule has 7 nitrogen and oxygen atoms in total. The second-order valence-electron chi connectivity index (χ2n) is 5.11.